The molecule has 2 fully saturated rings. The van der Waals surface area contributed by atoms with Crippen molar-refractivity contribution in [1.82, 2.24) is 15.2 Å². The second kappa shape index (κ2) is 9.99. The molecule has 0 bridgehead atoms. The number of methoxy groups -OCH3 is 1. The van der Waals surface area contributed by atoms with Gasteiger partial charge in [-0.1, -0.05) is 29.3 Å². The fourth-order valence-corrected chi connectivity index (χ4v) is 5.44. The van der Waals surface area contributed by atoms with Crippen LogP contribution < -0.4 is 14.8 Å². The highest BCUT2D eigenvalue weighted by atomic mass is 35.5. The molecule has 9 heteroatoms. The van der Waals surface area contributed by atoms with Gasteiger partial charge in [-0.25, -0.2) is 4.98 Å². The molecule has 1 aliphatic carbocycles. The summed E-state index contributed by atoms with van der Waals surface area (Å²) in [5, 5.41) is 3.97. The molecule has 1 spiro atoms. The number of halogens is 2. The minimum atomic E-state index is -0.237. The molecule has 3 aromatic rings. The first-order valence-electron chi connectivity index (χ1n) is 11.7. The molecular formula is C27H25Cl2N3O4. The molecule has 7 nitrogen and oxygen atoms in total. The van der Waals surface area contributed by atoms with Gasteiger partial charge in [0.2, 0.25) is 5.88 Å². The summed E-state index contributed by atoms with van der Waals surface area (Å²) in [4.78, 5) is 31.9. The number of pyridine rings is 1. The highest BCUT2D eigenvalue weighted by Gasteiger charge is 2.50. The van der Waals surface area contributed by atoms with Crippen LogP contribution in [-0.2, 0) is 0 Å². The third-order valence-corrected chi connectivity index (χ3v) is 7.40. The third-order valence-electron chi connectivity index (χ3n) is 6.87. The average Bonchev–Trinajstić information content (AvgIpc) is 3.30. The van der Waals surface area contributed by atoms with Gasteiger partial charge < -0.3 is 19.7 Å². The van der Waals surface area contributed by atoms with Gasteiger partial charge in [-0.05, 0) is 67.1 Å². The van der Waals surface area contributed by atoms with Gasteiger partial charge in [0, 0.05) is 37.0 Å². The van der Waals surface area contributed by atoms with E-state index < -0.39 is 0 Å². The Morgan fingerprint density at radius 1 is 1.08 bits per heavy atom. The number of likely N-dealkylation sites (tertiary alicyclic amines) is 1. The van der Waals surface area contributed by atoms with Crippen molar-refractivity contribution in [1.29, 1.82) is 0 Å². The third kappa shape index (κ3) is 4.99. The lowest BCUT2D eigenvalue weighted by molar-refractivity contribution is 0.0609. The SMILES string of the molecule is COc1cccc(Cl)c1C(=O)NC1CC2(CCN(C(=O)c3ccc(Oc4ccc(Cl)cn4)cc3)C2)C1. The van der Waals surface area contributed by atoms with Crippen LogP contribution in [-0.4, -0.2) is 47.9 Å². The normalized spacial score (nSPS) is 20.6. The molecule has 1 saturated heterocycles. The van der Waals surface area contributed by atoms with E-state index in [1.165, 1.54) is 13.3 Å². The predicted molar refractivity (Wildman–Crippen MR) is 137 cm³/mol. The van der Waals surface area contributed by atoms with E-state index in [-0.39, 0.29) is 23.3 Å². The van der Waals surface area contributed by atoms with Crippen molar-refractivity contribution in [2.75, 3.05) is 20.2 Å². The van der Waals surface area contributed by atoms with Gasteiger partial charge in [0.15, 0.2) is 0 Å². The summed E-state index contributed by atoms with van der Waals surface area (Å²) in [5.41, 5.74) is 1.00. The molecule has 0 unspecified atom stereocenters. The molecule has 1 aromatic heterocycles. The maximum absolute atomic E-state index is 13.1. The Bertz CT molecular complexity index is 1280. The zero-order valence-corrected chi connectivity index (χ0v) is 21.2. The largest absolute Gasteiger partial charge is 0.496 e. The summed E-state index contributed by atoms with van der Waals surface area (Å²) in [7, 11) is 1.52. The second-order valence-electron chi connectivity index (χ2n) is 9.31. The number of benzene rings is 2. The topological polar surface area (TPSA) is 80.8 Å². The van der Waals surface area contributed by atoms with Crippen molar-refractivity contribution < 1.29 is 19.1 Å². The summed E-state index contributed by atoms with van der Waals surface area (Å²) < 4.78 is 11.0. The summed E-state index contributed by atoms with van der Waals surface area (Å²) in [6.07, 6.45) is 4.10. The second-order valence-corrected chi connectivity index (χ2v) is 10.2. The lowest BCUT2D eigenvalue weighted by atomic mass is 9.65. The number of rotatable bonds is 6. The first kappa shape index (κ1) is 24.4. The number of nitrogens with one attached hydrogen (secondary N) is 1. The predicted octanol–water partition coefficient (Wildman–Crippen LogP) is 5.61. The molecule has 5 rings (SSSR count). The van der Waals surface area contributed by atoms with Gasteiger partial charge in [-0.3, -0.25) is 9.59 Å². The summed E-state index contributed by atoms with van der Waals surface area (Å²) in [6, 6.07) is 15.6. The molecule has 1 N–H and O–H groups in total. The fourth-order valence-electron chi connectivity index (χ4n) is 5.07. The Morgan fingerprint density at radius 2 is 1.86 bits per heavy atom. The zero-order chi connectivity index (χ0) is 25.3. The van der Waals surface area contributed by atoms with E-state index in [4.69, 9.17) is 32.7 Å². The van der Waals surface area contributed by atoms with Crippen molar-refractivity contribution in [3.8, 4) is 17.4 Å². The highest BCUT2D eigenvalue weighted by molar-refractivity contribution is 6.34. The van der Waals surface area contributed by atoms with Crippen molar-refractivity contribution in [2.45, 2.75) is 25.3 Å². The molecule has 36 heavy (non-hydrogen) atoms. The van der Waals surface area contributed by atoms with Crippen molar-refractivity contribution >= 4 is 35.0 Å². The number of aromatic nitrogens is 1. The quantitative estimate of drug-likeness (QED) is 0.452. The molecule has 1 aliphatic heterocycles. The number of hydrogen-bond acceptors (Lipinski definition) is 5. The van der Waals surface area contributed by atoms with Crippen LogP contribution in [0.15, 0.2) is 60.8 Å². The smallest absolute Gasteiger partial charge is 0.256 e. The van der Waals surface area contributed by atoms with E-state index in [0.717, 1.165) is 19.3 Å². The van der Waals surface area contributed by atoms with E-state index in [1.54, 1.807) is 54.6 Å². The lowest BCUT2D eigenvalue weighted by Gasteiger charge is -2.45. The van der Waals surface area contributed by atoms with E-state index in [1.807, 2.05) is 4.90 Å². The van der Waals surface area contributed by atoms with Crippen LogP contribution in [0.5, 0.6) is 17.4 Å². The Morgan fingerprint density at radius 3 is 2.56 bits per heavy atom. The van der Waals surface area contributed by atoms with Crippen molar-refractivity contribution in [2.24, 2.45) is 5.41 Å². The summed E-state index contributed by atoms with van der Waals surface area (Å²) in [5.74, 6) is 1.23. The molecule has 186 valence electrons. The van der Waals surface area contributed by atoms with Gasteiger partial charge in [-0.15, -0.1) is 0 Å². The van der Waals surface area contributed by atoms with Gasteiger partial charge in [-0.2, -0.15) is 0 Å². The van der Waals surface area contributed by atoms with Crippen LogP contribution in [0.25, 0.3) is 0 Å². The number of hydrogen-bond donors (Lipinski definition) is 1. The van der Waals surface area contributed by atoms with Gasteiger partial charge in [0.1, 0.15) is 11.5 Å². The number of nitrogens with zero attached hydrogens (tertiary/aromatic N) is 2. The molecule has 2 aromatic carbocycles. The number of amides is 2. The Labute approximate surface area is 219 Å². The minimum absolute atomic E-state index is 0.00340. The maximum Gasteiger partial charge on any atom is 0.256 e. The average molecular weight is 526 g/mol. The van der Waals surface area contributed by atoms with Crippen LogP contribution in [0, 0.1) is 5.41 Å². The lowest BCUT2D eigenvalue weighted by Crippen LogP contribution is -2.52. The van der Waals surface area contributed by atoms with Crippen molar-refractivity contribution in [3.05, 3.63) is 82.0 Å². The van der Waals surface area contributed by atoms with E-state index in [0.29, 0.717) is 51.6 Å². The summed E-state index contributed by atoms with van der Waals surface area (Å²) >= 11 is 12.1. The van der Waals surface area contributed by atoms with Gasteiger partial charge in [0.05, 0.1) is 22.7 Å². The minimum Gasteiger partial charge on any atom is -0.496 e. The van der Waals surface area contributed by atoms with Crippen LogP contribution in [0.4, 0.5) is 0 Å². The summed E-state index contributed by atoms with van der Waals surface area (Å²) in [6.45, 7) is 1.38. The highest BCUT2D eigenvalue weighted by Crippen LogP contribution is 2.48. The first-order chi connectivity index (χ1) is 17.4. The van der Waals surface area contributed by atoms with Crippen LogP contribution >= 0.6 is 23.2 Å². The Balaban J connectivity index is 1.15. The van der Waals surface area contributed by atoms with Crippen LogP contribution in [0.2, 0.25) is 10.0 Å². The molecular weight excluding hydrogens is 501 g/mol. The molecule has 2 amide bonds. The number of carbonyl (C=O) groups is 2. The van der Waals surface area contributed by atoms with Gasteiger partial charge in [0.25, 0.3) is 11.8 Å². The monoisotopic (exact) mass is 525 g/mol. The first-order valence-corrected chi connectivity index (χ1v) is 12.4. The van der Waals surface area contributed by atoms with Crippen molar-refractivity contribution in [3.63, 3.8) is 0 Å². The van der Waals surface area contributed by atoms with Crippen LogP contribution in [0.3, 0.4) is 0 Å². The molecule has 0 atom stereocenters. The molecule has 2 aliphatic rings. The number of carbonyl (C=O) groups excluding carboxylic acids is 2. The van der Waals surface area contributed by atoms with Crippen LogP contribution in [0.1, 0.15) is 40.0 Å². The van der Waals surface area contributed by atoms with E-state index >= 15 is 0 Å². The maximum atomic E-state index is 13.1. The zero-order valence-electron chi connectivity index (χ0n) is 19.7. The molecule has 0 radical (unpaired) electrons. The van der Waals surface area contributed by atoms with E-state index in [2.05, 4.69) is 10.3 Å². The molecule has 1 saturated carbocycles. The molecule has 2 heterocycles. The Kier molecular flexibility index (Phi) is 6.77. The van der Waals surface area contributed by atoms with E-state index in [9.17, 15) is 9.59 Å². The Hall–Kier alpha value is -3.29. The number of ether oxygens (including phenoxy) is 2. The standard InChI is InChI=1S/C27H25Cl2N3O4/c1-35-22-4-2-3-21(29)24(22)25(33)31-19-13-27(14-19)11-12-32(16-27)26(34)17-5-8-20(9-6-17)36-23-10-7-18(28)15-30-23/h2-10,15,19H,11-14,16H2,1H3,(H,31,33). The fraction of sp³-hybridized carbons (Fsp3) is 0.296. The van der Waals surface area contributed by atoms with Gasteiger partial charge >= 0.3 is 0 Å².